The van der Waals surface area contributed by atoms with Crippen LogP contribution in [0.5, 0.6) is 11.5 Å². The monoisotopic (exact) mass is 242 g/mol. The highest BCUT2D eigenvalue weighted by Crippen LogP contribution is 2.24. The third-order valence-electron chi connectivity index (χ3n) is 1.84. The van der Waals surface area contributed by atoms with Crippen LogP contribution in [-0.2, 0) is 0 Å². The predicted octanol–water partition coefficient (Wildman–Crippen LogP) is 2.52. The highest BCUT2D eigenvalue weighted by atomic mass is 35.5. The number of halogens is 1. The number of methoxy groups -OCH3 is 1. The Morgan fingerprint density at radius 3 is 2.88 bits per heavy atom. The molecule has 0 spiro atoms. The molecule has 0 fully saturated rings. The molecule has 5 heteroatoms. The van der Waals surface area contributed by atoms with Gasteiger partial charge < -0.3 is 14.6 Å². The zero-order valence-corrected chi connectivity index (χ0v) is 9.40. The van der Waals surface area contributed by atoms with Crippen molar-refractivity contribution in [3.63, 3.8) is 0 Å². The molecule has 1 rings (SSSR count). The molecule has 86 valence electrons. The first-order valence-corrected chi connectivity index (χ1v) is 4.92. The molecular weight excluding hydrogens is 232 g/mol. The molecule has 0 bridgehead atoms. The largest absolute Gasteiger partial charge is 0.497 e. The van der Waals surface area contributed by atoms with Crippen molar-refractivity contribution >= 4 is 17.6 Å². The van der Waals surface area contributed by atoms with E-state index in [9.17, 15) is 4.79 Å². The third kappa shape index (κ3) is 3.17. The molecule has 0 radical (unpaired) electrons. The Bertz CT molecular complexity index is 401. The van der Waals surface area contributed by atoms with Gasteiger partial charge in [-0.15, -0.1) is 0 Å². The maximum atomic E-state index is 10.9. The number of carboxylic acids is 1. The van der Waals surface area contributed by atoms with E-state index in [1.807, 2.05) is 0 Å². The van der Waals surface area contributed by atoms with Crippen LogP contribution < -0.4 is 9.47 Å². The van der Waals surface area contributed by atoms with Crippen molar-refractivity contribution in [3.05, 3.63) is 35.4 Å². The van der Waals surface area contributed by atoms with Crippen LogP contribution in [0.4, 0.5) is 0 Å². The molecule has 0 aliphatic rings. The van der Waals surface area contributed by atoms with Crippen molar-refractivity contribution < 1.29 is 19.4 Å². The van der Waals surface area contributed by atoms with Crippen molar-refractivity contribution in [2.24, 2.45) is 0 Å². The summed E-state index contributed by atoms with van der Waals surface area (Å²) in [6.45, 7) is 0.218. The lowest BCUT2D eigenvalue weighted by Gasteiger charge is -2.08. The molecule has 0 heterocycles. The lowest BCUT2D eigenvalue weighted by molar-refractivity contribution is 0.0692. The van der Waals surface area contributed by atoms with Crippen molar-refractivity contribution in [1.82, 2.24) is 0 Å². The van der Waals surface area contributed by atoms with E-state index in [0.29, 0.717) is 5.75 Å². The predicted molar refractivity (Wildman–Crippen MR) is 60.4 cm³/mol. The number of benzene rings is 1. The van der Waals surface area contributed by atoms with Gasteiger partial charge in [0.2, 0.25) is 0 Å². The Morgan fingerprint density at radius 1 is 1.56 bits per heavy atom. The average molecular weight is 243 g/mol. The summed E-state index contributed by atoms with van der Waals surface area (Å²) in [7, 11) is 1.47. The summed E-state index contributed by atoms with van der Waals surface area (Å²) >= 11 is 5.32. The zero-order chi connectivity index (χ0) is 12.0. The zero-order valence-electron chi connectivity index (χ0n) is 8.64. The molecule has 0 saturated carbocycles. The standard InChI is InChI=1S/C11H11ClO4/c1-15-8-3-4-10(16-6-2-5-12)9(7-8)11(13)14/h2-5,7H,6H2,1H3,(H,13,14). The second-order valence-electron chi connectivity index (χ2n) is 2.84. The Morgan fingerprint density at radius 2 is 2.31 bits per heavy atom. The van der Waals surface area contributed by atoms with E-state index < -0.39 is 5.97 Å². The fourth-order valence-electron chi connectivity index (χ4n) is 1.10. The molecule has 1 aromatic carbocycles. The van der Waals surface area contributed by atoms with Crippen LogP contribution >= 0.6 is 11.6 Å². The Labute approximate surface area is 98.1 Å². The van der Waals surface area contributed by atoms with Gasteiger partial charge in [0.25, 0.3) is 0 Å². The second-order valence-corrected chi connectivity index (χ2v) is 3.09. The molecule has 1 N–H and O–H groups in total. The Kier molecular flexibility index (Phi) is 4.66. The fourth-order valence-corrected chi connectivity index (χ4v) is 1.18. The number of hydrogen-bond acceptors (Lipinski definition) is 3. The third-order valence-corrected chi connectivity index (χ3v) is 2.02. The van der Waals surface area contributed by atoms with Gasteiger partial charge in [0.1, 0.15) is 23.7 Å². The Hall–Kier alpha value is -1.68. The number of carboxylic acid groups (broad SMARTS) is 1. The van der Waals surface area contributed by atoms with Crippen LogP contribution in [0, 0.1) is 0 Å². The van der Waals surface area contributed by atoms with Gasteiger partial charge in [-0.05, 0) is 24.3 Å². The highest BCUT2D eigenvalue weighted by Gasteiger charge is 2.12. The summed E-state index contributed by atoms with van der Waals surface area (Å²) in [5.74, 6) is -0.315. The first kappa shape index (κ1) is 12.4. The highest BCUT2D eigenvalue weighted by molar-refractivity contribution is 6.25. The lowest BCUT2D eigenvalue weighted by atomic mass is 10.2. The van der Waals surface area contributed by atoms with Gasteiger partial charge in [0.05, 0.1) is 7.11 Å². The molecule has 0 aliphatic heterocycles. The summed E-state index contributed by atoms with van der Waals surface area (Å²) in [5.41, 5.74) is 1.37. The number of rotatable bonds is 5. The molecule has 0 aliphatic carbocycles. The maximum absolute atomic E-state index is 10.9. The van der Waals surface area contributed by atoms with E-state index in [2.05, 4.69) is 0 Å². The minimum Gasteiger partial charge on any atom is -0.497 e. The van der Waals surface area contributed by atoms with Crippen molar-refractivity contribution in [1.29, 1.82) is 0 Å². The van der Waals surface area contributed by atoms with Gasteiger partial charge in [-0.3, -0.25) is 0 Å². The summed E-state index contributed by atoms with van der Waals surface area (Å²) < 4.78 is 10.2. The van der Waals surface area contributed by atoms with E-state index in [1.54, 1.807) is 18.2 Å². The SMILES string of the molecule is COc1ccc(OCC=CCl)c(C(=O)O)c1. The first-order valence-electron chi connectivity index (χ1n) is 4.48. The smallest absolute Gasteiger partial charge is 0.339 e. The van der Waals surface area contributed by atoms with E-state index in [4.69, 9.17) is 26.2 Å². The van der Waals surface area contributed by atoms with Gasteiger partial charge in [-0.1, -0.05) is 11.6 Å². The van der Waals surface area contributed by atoms with Gasteiger partial charge in [0, 0.05) is 5.54 Å². The minimum atomic E-state index is -1.07. The van der Waals surface area contributed by atoms with Crippen LogP contribution in [-0.4, -0.2) is 24.8 Å². The Balaban J connectivity index is 2.94. The van der Waals surface area contributed by atoms with E-state index >= 15 is 0 Å². The van der Waals surface area contributed by atoms with Crippen LogP contribution in [0.3, 0.4) is 0 Å². The average Bonchev–Trinajstić information content (AvgIpc) is 2.29. The summed E-state index contributed by atoms with van der Waals surface area (Å²) in [6, 6.07) is 4.58. The van der Waals surface area contributed by atoms with Gasteiger partial charge in [0.15, 0.2) is 0 Å². The quantitative estimate of drug-likeness (QED) is 0.862. The topological polar surface area (TPSA) is 55.8 Å². The van der Waals surface area contributed by atoms with Crippen LogP contribution in [0.2, 0.25) is 0 Å². The molecule has 0 amide bonds. The van der Waals surface area contributed by atoms with Gasteiger partial charge in [-0.2, -0.15) is 0 Å². The number of carbonyl (C=O) groups is 1. The van der Waals surface area contributed by atoms with Crippen molar-refractivity contribution in [3.8, 4) is 11.5 Å². The normalized spacial score (nSPS) is 10.4. The van der Waals surface area contributed by atoms with Gasteiger partial charge in [-0.25, -0.2) is 4.79 Å². The molecule has 4 nitrogen and oxygen atoms in total. The van der Waals surface area contributed by atoms with Crippen LogP contribution in [0.15, 0.2) is 29.8 Å². The molecule has 0 saturated heterocycles. The molecule has 0 unspecified atom stereocenters. The molecular formula is C11H11ClO4. The van der Waals surface area contributed by atoms with E-state index in [0.717, 1.165) is 0 Å². The van der Waals surface area contributed by atoms with Crippen molar-refractivity contribution in [2.45, 2.75) is 0 Å². The maximum Gasteiger partial charge on any atom is 0.339 e. The molecule has 0 aromatic heterocycles. The fraction of sp³-hybridized carbons (Fsp3) is 0.182. The minimum absolute atomic E-state index is 0.0577. The van der Waals surface area contributed by atoms with Crippen LogP contribution in [0.25, 0.3) is 0 Å². The van der Waals surface area contributed by atoms with E-state index in [1.165, 1.54) is 18.7 Å². The number of aromatic carboxylic acids is 1. The summed E-state index contributed by atoms with van der Waals surface area (Å²) in [6.07, 6.45) is 1.57. The number of hydrogen-bond donors (Lipinski definition) is 1. The number of ether oxygens (including phenoxy) is 2. The van der Waals surface area contributed by atoms with E-state index in [-0.39, 0.29) is 17.9 Å². The molecule has 1 aromatic rings. The summed E-state index contributed by atoms with van der Waals surface area (Å²) in [4.78, 5) is 10.9. The summed E-state index contributed by atoms with van der Waals surface area (Å²) in [5, 5.41) is 8.96. The molecule has 0 atom stereocenters. The van der Waals surface area contributed by atoms with Crippen molar-refractivity contribution in [2.75, 3.05) is 13.7 Å². The molecule has 16 heavy (non-hydrogen) atoms. The first-order chi connectivity index (χ1) is 7.69. The second kappa shape index (κ2) is 6.02. The van der Waals surface area contributed by atoms with Gasteiger partial charge >= 0.3 is 5.97 Å². The van der Waals surface area contributed by atoms with Crippen LogP contribution in [0.1, 0.15) is 10.4 Å². The lowest BCUT2D eigenvalue weighted by Crippen LogP contribution is -2.03.